The number of benzene rings is 2. The third kappa shape index (κ3) is 3.03. The van der Waals surface area contributed by atoms with Gasteiger partial charge in [-0.25, -0.2) is 4.90 Å². The molecule has 4 rings (SSSR count). The van der Waals surface area contributed by atoms with Crippen LogP contribution in [-0.4, -0.2) is 29.8 Å². The van der Waals surface area contributed by atoms with Crippen LogP contribution in [0.25, 0.3) is 5.57 Å². The van der Waals surface area contributed by atoms with Gasteiger partial charge in [-0.05, 0) is 61.9 Å². The van der Waals surface area contributed by atoms with Gasteiger partial charge in [0.15, 0.2) is 0 Å². The summed E-state index contributed by atoms with van der Waals surface area (Å²) in [7, 11) is 0. The molecule has 0 unspecified atom stereocenters. The molecule has 0 spiro atoms. The van der Waals surface area contributed by atoms with Gasteiger partial charge in [0.2, 0.25) is 0 Å². The van der Waals surface area contributed by atoms with E-state index in [1.54, 1.807) is 0 Å². The second kappa shape index (κ2) is 7.27. The van der Waals surface area contributed by atoms with E-state index in [-0.39, 0.29) is 11.8 Å². The predicted octanol–water partition coefficient (Wildman–Crippen LogP) is 4.25. The molecule has 0 aromatic heterocycles. The van der Waals surface area contributed by atoms with Crippen LogP contribution in [0.1, 0.15) is 42.0 Å². The first kappa shape index (κ1) is 18.5. The van der Waals surface area contributed by atoms with Crippen LogP contribution in [0.5, 0.6) is 0 Å². The molecule has 144 valence electrons. The molecule has 2 aliphatic heterocycles. The first-order valence-corrected chi connectivity index (χ1v) is 10.1. The highest BCUT2D eigenvalue weighted by Gasteiger charge is 2.43. The van der Waals surface area contributed by atoms with Crippen LogP contribution in [0.4, 0.5) is 5.69 Å². The van der Waals surface area contributed by atoms with Gasteiger partial charge < -0.3 is 4.90 Å². The normalized spacial score (nSPS) is 17.2. The van der Waals surface area contributed by atoms with Crippen LogP contribution in [-0.2, 0) is 16.0 Å². The van der Waals surface area contributed by atoms with Gasteiger partial charge in [0.25, 0.3) is 11.8 Å². The Morgan fingerprint density at radius 2 is 1.57 bits per heavy atom. The standard InChI is InChI=1S/C24H26N2O2/c1-4-18-8-10-19(11-9-18)26-23(27)21(20-12-7-16(2)15-17(20)3)22(24(26)28)25-13-5-6-14-25/h7-12,15H,4-6,13-14H2,1-3H3. The smallest absolute Gasteiger partial charge is 0.282 e. The number of hydrogen-bond donors (Lipinski definition) is 0. The number of nitrogens with zero attached hydrogens (tertiary/aromatic N) is 2. The van der Waals surface area contributed by atoms with Gasteiger partial charge >= 0.3 is 0 Å². The van der Waals surface area contributed by atoms with E-state index in [2.05, 4.69) is 17.9 Å². The predicted molar refractivity (Wildman–Crippen MR) is 112 cm³/mol. The molecule has 0 atom stereocenters. The van der Waals surface area contributed by atoms with Crippen LogP contribution in [0.2, 0.25) is 0 Å². The fourth-order valence-corrected chi connectivity index (χ4v) is 4.20. The summed E-state index contributed by atoms with van der Waals surface area (Å²) in [6.45, 7) is 7.78. The Kier molecular flexibility index (Phi) is 4.80. The number of likely N-dealkylation sites (tertiary alicyclic amines) is 1. The molecule has 4 nitrogen and oxygen atoms in total. The van der Waals surface area contributed by atoms with Gasteiger partial charge in [0.05, 0.1) is 11.3 Å². The number of rotatable bonds is 4. The first-order valence-electron chi connectivity index (χ1n) is 10.1. The molecule has 0 aliphatic carbocycles. The summed E-state index contributed by atoms with van der Waals surface area (Å²) in [4.78, 5) is 30.4. The van der Waals surface area contributed by atoms with Gasteiger partial charge in [-0.3, -0.25) is 9.59 Å². The number of amides is 2. The summed E-state index contributed by atoms with van der Waals surface area (Å²) >= 11 is 0. The van der Waals surface area contributed by atoms with E-state index in [4.69, 9.17) is 0 Å². The van der Waals surface area contributed by atoms with Gasteiger partial charge in [0.1, 0.15) is 5.70 Å². The van der Waals surface area contributed by atoms with Crippen molar-refractivity contribution in [1.82, 2.24) is 4.90 Å². The average molecular weight is 374 g/mol. The number of hydrogen-bond acceptors (Lipinski definition) is 3. The van der Waals surface area contributed by atoms with Crippen LogP contribution in [0, 0.1) is 13.8 Å². The first-order chi connectivity index (χ1) is 13.5. The van der Waals surface area contributed by atoms with E-state index in [1.807, 2.05) is 50.2 Å². The zero-order chi connectivity index (χ0) is 19.8. The topological polar surface area (TPSA) is 40.6 Å². The molecule has 2 aliphatic rings. The summed E-state index contributed by atoms with van der Waals surface area (Å²) in [5.74, 6) is -0.422. The van der Waals surface area contributed by atoms with Crippen molar-refractivity contribution in [3.8, 4) is 0 Å². The quantitative estimate of drug-likeness (QED) is 0.752. The number of carbonyl (C=O) groups excluding carboxylic acids is 2. The van der Waals surface area contributed by atoms with E-state index in [0.29, 0.717) is 17.0 Å². The lowest BCUT2D eigenvalue weighted by Gasteiger charge is -2.20. The van der Waals surface area contributed by atoms with Crippen LogP contribution in [0.3, 0.4) is 0 Å². The molecule has 2 aromatic carbocycles. The molecule has 0 N–H and O–H groups in total. The van der Waals surface area contributed by atoms with Crippen LogP contribution in [0.15, 0.2) is 48.2 Å². The van der Waals surface area contributed by atoms with Crippen molar-refractivity contribution in [3.63, 3.8) is 0 Å². The molecule has 4 heteroatoms. The van der Waals surface area contributed by atoms with Crippen LogP contribution < -0.4 is 4.90 Å². The Hall–Kier alpha value is -2.88. The SMILES string of the molecule is CCc1ccc(N2C(=O)C(c3ccc(C)cc3C)=C(N3CCCC3)C2=O)cc1. The van der Waals surface area contributed by atoms with Crippen molar-refractivity contribution < 1.29 is 9.59 Å². The fourth-order valence-electron chi connectivity index (χ4n) is 4.20. The van der Waals surface area contributed by atoms with E-state index in [9.17, 15) is 9.59 Å². The second-order valence-electron chi connectivity index (χ2n) is 7.70. The minimum absolute atomic E-state index is 0.203. The minimum atomic E-state index is -0.219. The molecule has 28 heavy (non-hydrogen) atoms. The molecule has 1 fully saturated rings. The van der Waals surface area contributed by atoms with Crippen molar-refractivity contribution in [1.29, 1.82) is 0 Å². The maximum absolute atomic E-state index is 13.5. The Bertz CT molecular complexity index is 967. The number of aryl methyl sites for hydroxylation is 3. The third-order valence-electron chi connectivity index (χ3n) is 5.74. The molecule has 2 heterocycles. The summed E-state index contributed by atoms with van der Waals surface area (Å²) in [6.07, 6.45) is 3.03. The zero-order valence-corrected chi connectivity index (χ0v) is 16.8. The highest BCUT2D eigenvalue weighted by molar-refractivity contribution is 6.45. The van der Waals surface area contributed by atoms with E-state index < -0.39 is 0 Å². The molecular formula is C24H26N2O2. The number of anilines is 1. The third-order valence-corrected chi connectivity index (χ3v) is 5.74. The second-order valence-corrected chi connectivity index (χ2v) is 7.70. The summed E-state index contributed by atoms with van der Waals surface area (Å²) in [5, 5.41) is 0. The zero-order valence-electron chi connectivity index (χ0n) is 16.8. The molecule has 2 aromatic rings. The number of imide groups is 1. The lowest BCUT2D eigenvalue weighted by Crippen LogP contribution is -2.34. The summed E-state index contributed by atoms with van der Waals surface area (Å²) in [5.41, 5.74) is 5.97. The fraction of sp³-hybridized carbons (Fsp3) is 0.333. The van der Waals surface area contributed by atoms with E-state index in [0.717, 1.165) is 49.0 Å². The van der Waals surface area contributed by atoms with E-state index in [1.165, 1.54) is 10.5 Å². The molecule has 0 radical (unpaired) electrons. The molecular weight excluding hydrogens is 348 g/mol. The van der Waals surface area contributed by atoms with Crippen molar-refractivity contribution in [3.05, 3.63) is 70.4 Å². The largest absolute Gasteiger partial charge is 0.366 e. The monoisotopic (exact) mass is 374 g/mol. The van der Waals surface area contributed by atoms with Gasteiger partial charge in [0, 0.05) is 13.1 Å². The van der Waals surface area contributed by atoms with Gasteiger partial charge in [-0.2, -0.15) is 0 Å². The highest BCUT2D eigenvalue weighted by atomic mass is 16.2. The van der Waals surface area contributed by atoms with Crippen molar-refractivity contribution in [2.45, 2.75) is 40.0 Å². The highest BCUT2D eigenvalue weighted by Crippen LogP contribution is 2.37. The Labute approximate surface area is 166 Å². The van der Waals surface area contributed by atoms with Gasteiger partial charge in [-0.1, -0.05) is 42.8 Å². The van der Waals surface area contributed by atoms with E-state index >= 15 is 0 Å². The number of carbonyl (C=O) groups is 2. The van der Waals surface area contributed by atoms with Crippen molar-refractivity contribution >= 4 is 23.1 Å². The van der Waals surface area contributed by atoms with Crippen molar-refractivity contribution in [2.24, 2.45) is 0 Å². The summed E-state index contributed by atoms with van der Waals surface area (Å²) in [6, 6.07) is 13.8. The Morgan fingerprint density at radius 1 is 0.893 bits per heavy atom. The maximum Gasteiger partial charge on any atom is 0.282 e. The lowest BCUT2D eigenvalue weighted by molar-refractivity contribution is -0.120. The summed E-state index contributed by atoms with van der Waals surface area (Å²) < 4.78 is 0. The molecule has 0 bridgehead atoms. The van der Waals surface area contributed by atoms with Crippen LogP contribution >= 0.6 is 0 Å². The van der Waals surface area contributed by atoms with Gasteiger partial charge in [-0.15, -0.1) is 0 Å². The van der Waals surface area contributed by atoms with Crippen molar-refractivity contribution in [2.75, 3.05) is 18.0 Å². The maximum atomic E-state index is 13.5. The Morgan fingerprint density at radius 3 is 2.18 bits per heavy atom. The average Bonchev–Trinajstić information content (AvgIpc) is 3.29. The lowest BCUT2D eigenvalue weighted by atomic mass is 9.97. The minimum Gasteiger partial charge on any atom is -0.366 e. The molecule has 2 amide bonds. The molecule has 0 saturated carbocycles. The molecule has 1 saturated heterocycles. The Balaban J connectivity index is 1.83.